The minimum absolute atomic E-state index is 0.00187. The van der Waals surface area contributed by atoms with Crippen LogP contribution in [0.25, 0.3) is 0 Å². The number of ether oxygens (including phenoxy) is 5. The Bertz CT molecular complexity index is 1530. The Kier molecular flexibility index (Phi) is 14.2. The van der Waals surface area contributed by atoms with Crippen LogP contribution in [-0.2, 0) is 46.5 Å². The molecule has 2 saturated carbocycles. The van der Waals surface area contributed by atoms with Crippen LogP contribution >= 0.6 is 24.0 Å². The van der Waals surface area contributed by atoms with E-state index in [9.17, 15) is 24.3 Å². The molecule has 6 rings (SSSR count). The standard InChI is InChI=1S/C20H25NO5S2.C18H23NO5/c1-3-24-18(22)17-14-9-10-16(26-20(27)28-2)15(14)11-21(17)19(23)25-12-13-7-5-4-6-8-13;1-2-23-17(21)16-13-8-9-15(20)14(13)10-19(16)18(22)24-11-12-6-4-3-5-7-12/h4-8,14-17H,3,9-12H2,1-2H3;3-7,13-16,20H,2,8-11H2,1H3/t14-,15-,16?,17-;13-,14-,15?,16-/m00/s1. The number of carbonyl (C=O) groups is 4. The Morgan fingerprint density at radius 2 is 1.15 bits per heavy atom. The maximum atomic E-state index is 12.8. The van der Waals surface area contributed by atoms with Gasteiger partial charge in [0.1, 0.15) is 31.4 Å². The van der Waals surface area contributed by atoms with Crippen LogP contribution in [-0.4, -0.2) is 100 Å². The van der Waals surface area contributed by atoms with Crippen molar-refractivity contribution in [3.8, 4) is 0 Å². The van der Waals surface area contributed by atoms with Crippen molar-refractivity contribution in [2.45, 2.75) is 77.0 Å². The molecule has 4 fully saturated rings. The number of likely N-dealkylation sites (tertiary alicyclic amines) is 2. The number of aliphatic hydroxyl groups is 1. The van der Waals surface area contributed by atoms with E-state index in [2.05, 4.69) is 0 Å². The van der Waals surface area contributed by atoms with Gasteiger partial charge in [-0.15, -0.1) is 0 Å². The first-order valence-electron chi connectivity index (χ1n) is 17.9. The van der Waals surface area contributed by atoms with Crippen molar-refractivity contribution in [3.05, 3.63) is 71.8 Å². The molecular weight excluding hydrogens is 709 g/mol. The van der Waals surface area contributed by atoms with Gasteiger partial charge in [-0.05, 0) is 81.0 Å². The van der Waals surface area contributed by atoms with Crippen molar-refractivity contribution in [1.82, 2.24) is 9.80 Å². The van der Waals surface area contributed by atoms with Crippen LogP contribution in [0.1, 0.15) is 50.7 Å². The highest BCUT2D eigenvalue weighted by Crippen LogP contribution is 2.45. The maximum absolute atomic E-state index is 12.8. The van der Waals surface area contributed by atoms with Gasteiger partial charge in [0.15, 0.2) is 0 Å². The summed E-state index contributed by atoms with van der Waals surface area (Å²) < 4.78 is 27.6. The van der Waals surface area contributed by atoms with Gasteiger partial charge in [-0.3, -0.25) is 9.80 Å². The second-order valence-corrected chi connectivity index (χ2v) is 14.7. The lowest BCUT2D eigenvalue weighted by Crippen LogP contribution is -2.44. The lowest BCUT2D eigenvalue weighted by molar-refractivity contribution is -0.150. The van der Waals surface area contributed by atoms with Crippen molar-refractivity contribution < 1.29 is 48.0 Å². The van der Waals surface area contributed by atoms with E-state index < -0.39 is 36.3 Å². The molecule has 2 amide bonds. The predicted octanol–water partition coefficient (Wildman–Crippen LogP) is 5.59. The lowest BCUT2D eigenvalue weighted by atomic mass is 9.93. The smallest absolute Gasteiger partial charge is 0.410 e. The first-order valence-corrected chi connectivity index (χ1v) is 19.5. The van der Waals surface area contributed by atoms with Crippen LogP contribution in [0.3, 0.4) is 0 Å². The minimum Gasteiger partial charge on any atom is -0.475 e. The summed E-state index contributed by atoms with van der Waals surface area (Å²) in [6, 6.07) is 17.6. The quantitative estimate of drug-likeness (QED) is 0.194. The molecule has 2 unspecified atom stereocenters. The van der Waals surface area contributed by atoms with Gasteiger partial charge in [0.25, 0.3) is 0 Å². The van der Waals surface area contributed by atoms with Crippen LogP contribution in [0, 0.1) is 23.7 Å². The average molecular weight is 757 g/mol. The molecule has 2 aliphatic heterocycles. The number of thiocarbonyl (C=S) groups is 1. The molecular formula is C38H48N2O10S2. The van der Waals surface area contributed by atoms with E-state index in [1.807, 2.05) is 66.9 Å². The molecule has 2 heterocycles. The monoisotopic (exact) mass is 756 g/mol. The van der Waals surface area contributed by atoms with Gasteiger partial charge < -0.3 is 28.8 Å². The SMILES string of the molecule is CCOC(=O)[C@@H]1[C@H]2CCC(O)[C@H]2CN1C(=O)OCc1ccccc1.CCOC(=O)[C@@H]1[C@H]2CCC(OC(=S)SC)[C@H]2CN1C(=O)OCc1ccccc1. The summed E-state index contributed by atoms with van der Waals surface area (Å²) in [5.74, 6) is -0.871. The summed E-state index contributed by atoms with van der Waals surface area (Å²) in [6.07, 6.45) is 3.28. The molecule has 2 saturated heterocycles. The zero-order valence-electron chi connectivity index (χ0n) is 29.8. The number of carbonyl (C=O) groups excluding carboxylic acids is 4. The van der Waals surface area contributed by atoms with E-state index >= 15 is 0 Å². The number of thioether (sulfide) groups is 1. The molecule has 282 valence electrons. The lowest BCUT2D eigenvalue weighted by Gasteiger charge is -2.25. The Balaban J connectivity index is 0.000000203. The Morgan fingerprint density at radius 1 is 0.692 bits per heavy atom. The zero-order valence-corrected chi connectivity index (χ0v) is 31.4. The van der Waals surface area contributed by atoms with E-state index in [1.54, 1.807) is 13.8 Å². The third-order valence-corrected chi connectivity index (χ3v) is 11.3. The summed E-state index contributed by atoms with van der Waals surface area (Å²) >= 11 is 6.58. The van der Waals surface area contributed by atoms with Gasteiger partial charge in [-0.1, -0.05) is 72.4 Å². The van der Waals surface area contributed by atoms with Gasteiger partial charge in [0.2, 0.25) is 4.38 Å². The number of hydrogen-bond acceptors (Lipinski definition) is 12. The number of nitrogens with zero attached hydrogens (tertiary/aromatic N) is 2. The second kappa shape index (κ2) is 18.7. The molecule has 1 N–H and O–H groups in total. The molecule has 0 radical (unpaired) electrons. The average Bonchev–Trinajstić information content (AvgIpc) is 3.93. The molecule has 2 aromatic carbocycles. The fourth-order valence-corrected chi connectivity index (χ4v) is 8.28. The summed E-state index contributed by atoms with van der Waals surface area (Å²) in [6.45, 7) is 5.11. The third-order valence-electron chi connectivity index (χ3n) is 10.3. The molecule has 12 nitrogen and oxygen atoms in total. The number of rotatable bonds is 9. The van der Waals surface area contributed by atoms with Crippen molar-refractivity contribution >= 4 is 52.5 Å². The molecule has 0 aromatic heterocycles. The van der Waals surface area contributed by atoms with Crippen LogP contribution < -0.4 is 0 Å². The predicted molar refractivity (Wildman–Crippen MR) is 197 cm³/mol. The number of aliphatic hydroxyl groups excluding tert-OH is 1. The minimum atomic E-state index is -0.657. The number of benzene rings is 2. The normalized spacial score (nSPS) is 27.1. The van der Waals surface area contributed by atoms with Crippen LogP contribution in [0.4, 0.5) is 9.59 Å². The van der Waals surface area contributed by atoms with Crippen molar-refractivity contribution in [1.29, 1.82) is 0 Å². The summed E-state index contributed by atoms with van der Waals surface area (Å²) in [5.41, 5.74) is 1.78. The Hall–Kier alpha value is -3.88. The molecule has 8 atom stereocenters. The fourth-order valence-electron chi connectivity index (χ4n) is 7.93. The highest BCUT2D eigenvalue weighted by Gasteiger charge is 2.56. The van der Waals surface area contributed by atoms with E-state index in [-0.39, 0.29) is 62.2 Å². The third kappa shape index (κ3) is 9.37. The fraction of sp³-hybridized carbons (Fsp3) is 0.553. The van der Waals surface area contributed by atoms with Gasteiger partial charge in [0.05, 0.1) is 19.3 Å². The van der Waals surface area contributed by atoms with Gasteiger partial charge >= 0.3 is 24.1 Å². The molecule has 2 aromatic rings. The second-order valence-electron chi connectivity index (χ2n) is 13.3. The molecule has 52 heavy (non-hydrogen) atoms. The van der Waals surface area contributed by atoms with E-state index in [0.29, 0.717) is 23.9 Å². The van der Waals surface area contributed by atoms with E-state index in [0.717, 1.165) is 30.4 Å². The molecule has 14 heteroatoms. The first-order chi connectivity index (χ1) is 25.2. The highest BCUT2D eigenvalue weighted by atomic mass is 32.2. The van der Waals surface area contributed by atoms with Gasteiger partial charge in [-0.25, -0.2) is 19.2 Å². The largest absolute Gasteiger partial charge is 0.475 e. The molecule has 2 aliphatic carbocycles. The molecule has 4 aliphatic rings. The van der Waals surface area contributed by atoms with Crippen molar-refractivity contribution in [2.75, 3.05) is 32.6 Å². The Labute approximate surface area is 314 Å². The number of hydrogen-bond donors (Lipinski definition) is 1. The Morgan fingerprint density at radius 3 is 1.63 bits per heavy atom. The first kappa shape index (κ1) is 39.3. The van der Waals surface area contributed by atoms with E-state index in [4.69, 9.17) is 35.9 Å². The van der Waals surface area contributed by atoms with E-state index in [1.165, 1.54) is 21.6 Å². The van der Waals surface area contributed by atoms with Gasteiger partial charge in [-0.2, -0.15) is 0 Å². The van der Waals surface area contributed by atoms with Crippen LogP contribution in [0.5, 0.6) is 0 Å². The summed E-state index contributed by atoms with van der Waals surface area (Å²) in [5, 5.41) is 10.1. The van der Waals surface area contributed by atoms with Crippen molar-refractivity contribution in [3.63, 3.8) is 0 Å². The molecule has 0 spiro atoms. The number of fused-ring (bicyclic) bond motifs is 2. The van der Waals surface area contributed by atoms with Crippen LogP contribution in [0.2, 0.25) is 0 Å². The number of amides is 2. The van der Waals surface area contributed by atoms with Crippen LogP contribution in [0.15, 0.2) is 60.7 Å². The van der Waals surface area contributed by atoms with Gasteiger partial charge in [0, 0.05) is 24.9 Å². The maximum Gasteiger partial charge on any atom is 0.410 e. The number of esters is 2. The molecule has 0 bridgehead atoms. The topological polar surface area (TPSA) is 141 Å². The van der Waals surface area contributed by atoms with Crippen molar-refractivity contribution in [2.24, 2.45) is 23.7 Å². The summed E-state index contributed by atoms with van der Waals surface area (Å²) in [7, 11) is 0. The zero-order chi connectivity index (χ0) is 37.2. The highest BCUT2D eigenvalue weighted by molar-refractivity contribution is 8.22. The summed E-state index contributed by atoms with van der Waals surface area (Å²) in [4.78, 5) is 53.2.